The van der Waals surface area contributed by atoms with E-state index in [9.17, 15) is 0 Å². The van der Waals surface area contributed by atoms with Crippen LogP contribution in [0.3, 0.4) is 0 Å². The van der Waals surface area contributed by atoms with E-state index in [1.807, 2.05) is 19.1 Å². The number of allylic oxidation sites excluding steroid dienone is 1. The van der Waals surface area contributed by atoms with E-state index < -0.39 is 0 Å². The van der Waals surface area contributed by atoms with Crippen molar-refractivity contribution in [3.63, 3.8) is 0 Å². The molecule has 0 unspecified atom stereocenters. The SMILES string of the molecule is C=CC.C=CCNCC=C. The maximum atomic E-state index is 3.54. The summed E-state index contributed by atoms with van der Waals surface area (Å²) in [4.78, 5) is 0. The van der Waals surface area contributed by atoms with Crippen LogP contribution in [0.25, 0.3) is 0 Å². The summed E-state index contributed by atoms with van der Waals surface area (Å²) < 4.78 is 0. The first-order valence-electron chi connectivity index (χ1n) is 3.33. The molecule has 0 fully saturated rings. The normalized spacial score (nSPS) is 6.90. The van der Waals surface area contributed by atoms with Gasteiger partial charge in [0.1, 0.15) is 0 Å². The molecule has 0 bridgehead atoms. The minimum absolute atomic E-state index is 0.867. The molecule has 0 amide bonds. The summed E-state index contributed by atoms with van der Waals surface area (Å²) in [5.74, 6) is 0. The summed E-state index contributed by atoms with van der Waals surface area (Å²) >= 11 is 0. The zero-order chi connectivity index (χ0) is 8.24. The second kappa shape index (κ2) is 15.7. The van der Waals surface area contributed by atoms with Crippen molar-refractivity contribution >= 4 is 0 Å². The average Bonchev–Trinajstić information content (AvgIpc) is 1.91. The summed E-state index contributed by atoms with van der Waals surface area (Å²) in [5, 5.41) is 3.05. The second-order valence-electron chi connectivity index (χ2n) is 1.64. The van der Waals surface area contributed by atoms with Gasteiger partial charge in [-0.3, -0.25) is 0 Å². The standard InChI is InChI=1S/C6H11N.C3H6/c1-3-5-7-6-4-2;1-3-2/h3-4,7H,1-2,5-6H2;3H,1H2,2H3. The molecule has 0 saturated heterocycles. The second-order valence-corrected chi connectivity index (χ2v) is 1.64. The van der Waals surface area contributed by atoms with E-state index in [0.29, 0.717) is 0 Å². The molecule has 10 heavy (non-hydrogen) atoms. The lowest BCUT2D eigenvalue weighted by Crippen LogP contribution is -2.11. The highest BCUT2D eigenvalue weighted by Crippen LogP contribution is 1.59. The molecule has 0 rings (SSSR count). The molecule has 0 aromatic heterocycles. The summed E-state index contributed by atoms with van der Waals surface area (Å²) in [6.07, 6.45) is 5.40. The first kappa shape index (κ1) is 11.9. The van der Waals surface area contributed by atoms with Gasteiger partial charge in [-0.15, -0.1) is 19.7 Å². The number of hydrogen-bond donors (Lipinski definition) is 1. The Morgan fingerprint density at radius 2 is 1.40 bits per heavy atom. The molecule has 0 aliphatic rings. The lowest BCUT2D eigenvalue weighted by atomic mass is 10.5. The van der Waals surface area contributed by atoms with Crippen LogP contribution >= 0.6 is 0 Å². The highest BCUT2D eigenvalue weighted by Gasteiger charge is 1.69. The van der Waals surface area contributed by atoms with Crippen LogP contribution in [0.15, 0.2) is 38.0 Å². The third-order valence-corrected chi connectivity index (χ3v) is 0.577. The Morgan fingerprint density at radius 3 is 1.60 bits per heavy atom. The van der Waals surface area contributed by atoms with E-state index in [0.717, 1.165) is 13.1 Å². The summed E-state index contributed by atoms with van der Waals surface area (Å²) in [6, 6.07) is 0. The maximum Gasteiger partial charge on any atom is 0.0135 e. The predicted octanol–water partition coefficient (Wildman–Crippen LogP) is 2.14. The quantitative estimate of drug-likeness (QED) is 0.465. The molecule has 0 aromatic rings. The fraction of sp³-hybridized carbons (Fsp3) is 0.333. The first-order chi connectivity index (χ1) is 4.83. The summed E-state index contributed by atoms with van der Waals surface area (Å²) in [6.45, 7) is 14.1. The van der Waals surface area contributed by atoms with Crippen LogP contribution < -0.4 is 5.32 Å². The fourth-order valence-electron chi connectivity index (χ4n) is 0.287. The van der Waals surface area contributed by atoms with Crippen molar-refractivity contribution in [1.29, 1.82) is 0 Å². The molecule has 1 N–H and O–H groups in total. The monoisotopic (exact) mass is 139 g/mol. The highest BCUT2D eigenvalue weighted by atomic mass is 14.8. The molecule has 0 aromatic carbocycles. The van der Waals surface area contributed by atoms with Crippen molar-refractivity contribution in [3.8, 4) is 0 Å². The Labute approximate surface area is 64.1 Å². The molecule has 0 aliphatic carbocycles. The Bertz CT molecular complexity index is 76.7. The molecule has 58 valence electrons. The number of hydrogen-bond acceptors (Lipinski definition) is 1. The smallest absolute Gasteiger partial charge is 0.0135 e. The van der Waals surface area contributed by atoms with Gasteiger partial charge in [0.2, 0.25) is 0 Å². The molecule has 1 heteroatoms. The molecular weight excluding hydrogens is 122 g/mol. The van der Waals surface area contributed by atoms with E-state index in [1.165, 1.54) is 0 Å². The Hall–Kier alpha value is -0.820. The highest BCUT2D eigenvalue weighted by molar-refractivity contribution is 4.75. The largest absolute Gasteiger partial charge is 0.310 e. The van der Waals surface area contributed by atoms with Crippen LogP contribution in [0.2, 0.25) is 0 Å². The van der Waals surface area contributed by atoms with Crippen LogP contribution in [0.1, 0.15) is 6.92 Å². The topological polar surface area (TPSA) is 12.0 Å². The molecule has 1 nitrogen and oxygen atoms in total. The van der Waals surface area contributed by atoms with Gasteiger partial charge in [-0.25, -0.2) is 0 Å². The lowest BCUT2D eigenvalue weighted by molar-refractivity contribution is 0.845. The van der Waals surface area contributed by atoms with E-state index in [4.69, 9.17) is 0 Å². The van der Waals surface area contributed by atoms with Gasteiger partial charge in [-0.1, -0.05) is 18.2 Å². The van der Waals surface area contributed by atoms with Gasteiger partial charge < -0.3 is 5.32 Å². The van der Waals surface area contributed by atoms with Gasteiger partial charge in [0.15, 0.2) is 0 Å². The van der Waals surface area contributed by atoms with Crippen LogP contribution in [-0.2, 0) is 0 Å². The van der Waals surface area contributed by atoms with Crippen LogP contribution in [0, 0.1) is 0 Å². The van der Waals surface area contributed by atoms with Crippen LogP contribution in [0.4, 0.5) is 0 Å². The molecule has 0 saturated carbocycles. The Balaban J connectivity index is 0. The first-order valence-corrected chi connectivity index (χ1v) is 3.33. The van der Waals surface area contributed by atoms with Crippen molar-refractivity contribution in [1.82, 2.24) is 5.32 Å². The third-order valence-electron chi connectivity index (χ3n) is 0.577. The minimum atomic E-state index is 0.867. The zero-order valence-electron chi connectivity index (χ0n) is 6.77. The number of rotatable bonds is 4. The van der Waals surface area contributed by atoms with Crippen LogP contribution in [0.5, 0.6) is 0 Å². The minimum Gasteiger partial charge on any atom is -0.310 e. The van der Waals surface area contributed by atoms with Gasteiger partial charge in [-0.2, -0.15) is 0 Å². The van der Waals surface area contributed by atoms with Gasteiger partial charge >= 0.3 is 0 Å². The van der Waals surface area contributed by atoms with Gasteiger partial charge in [0.25, 0.3) is 0 Å². The molecule has 0 aliphatic heterocycles. The Kier molecular flexibility index (Phi) is 18.7. The van der Waals surface area contributed by atoms with Gasteiger partial charge in [0, 0.05) is 13.1 Å². The van der Waals surface area contributed by atoms with Crippen molar-refractivity contribution in [2.75, 3.05) is 13.1 Å². The fourth-order valence-corrected chi connectivity index (χ4v) is 0.287. The number of nitrogens with one attached hydrogen (secondary N) is 1. The van der Waals surface area contributed by atoms with Crippen molar-refractivity contribution in [2.45, 2.75) is 6.92 Å². The van der Waals surface area contributed by atoms with E-state index in [2.05, 4.69) is 25.1 Å². The average molecular weight is 139 g/mol. The van der Waals surface area contributed by atoms with Crippen molar-refractivity contribution in [2.24, 2.45) is 0 Å². The van der Waals surface area contributed by atoms with E-state index >= 15 is 0 Å². The van der Waals surface area contributed by atoms with Crippen molar-refractivity contribution in [3.05, 3.63) is 38.0 Å². The van der Waals surface area contributed by atoms with Crippen molar-refractivity contribution < 1.29 is 0 Å². The van der Waals surface area contributed by atoms with Gasteiger partial charge in [0.05, 0.1) is 0 Å². The van der Waals surface area contributed by atoms with Crippen LogP contribution in [-0.4, -0.2) is 13.1 Å². The summed E-state index contributed by atoms with van der Waals surface area (Å²) in [7, 11) is 0. The molecule has 0 atom stereocenters. The van der Waals surface area contributed by atoms with Gasteiger partial charge in [-0.05, 0) is 6.92 Å². The van der Waals surface area contributed by atoms with E-state index in [1.54, 1.807) is 6.08 Å². The molecule has 0 heterocycles. The summed E-state index contributed by atoms with van der Waals surface area (Å²) in [5.41, 5.74) is 0. The third kappa shape index (κ3) is 27.1. The van der Waals surface area contributed by atoms with E-state index in [-0.39, 0.29) is 0 Å². The molecule has 0 spiro atoms. The lowest BCUT2D eigenvalue weighted by Gasteiger charge is -1.90. The Morgan fingerprint density at radius 1 is 1.10 bits per heavy atom. The maximum absolute atomic E-state index is 3.54. The molecule has 0 radical (unpaired) electrons. The zero-order valence-corrected chi connectivity index (χ0v) is 6.77. The predicted molar refractivity (Wildman–Crippen MR) is 49.1 cm³/mol. The molecular formula is C9H17N.